The first-order chi connectivity index (χ1) is 18.7. The van der Waals surface area contributed by atoms with Crippen molar-refractivity contribution in [2.75, 3.05) is 56.1 Å². The van der Waals surface area contributed by atoms with E-state index in [-0.39, 0.29) is 12.2 Å². The summed E-state index contributed by atoms with van der Waals surface area (Å²) < 4.78 is 12.1. The average Bonchev–Trinajstić information content (AvgIpc) is 2.98. The van der Waals surface area contributed by atoms with E-state index in [0.717, 1.165) is 72.9 Å². The Morgan fingerprint density at radius 3 is 2.71 bits per heavy atom. The highest BCUT2D eigenvalue weighted by molar-refractivity contribution is 5.93. The number of nitrogens with one attached hydrogen (secondary N) is 3. The molecule has 9 nitrogen and oxygen atoms in total. The Hall–Kier alpha value is -3.79. The zero-order valence-corrected chi connectivity index (χ0v) is 21.6. The molecule has 2 fully saturated rings. The molecule has 6 rings (SSSR count). The van der Waals surface area contributed by atoms with Gasteiger partial charge in [-0.3, -0.25) is 4.98 Å². The van der Waals surface area contributed by atoms with Crippen LogP contribution in [0.25, 0.3) is 22.2 Å². The van der Waals surface area contributed by atoms with Crippen LogP contribution >= 0.6 is 0 Å². The van der Waals surface area contributed by atoms with Gasteiger partial charge in [0.05, 0.1) is 17.8 Å². The zero-order valence-electron chi connectivity index (χ0n) is 21.6. The number of rotatable bonds is 7. The third-order valence-corrected chi connectivity index (χ3v) is 7.03. The van der Waals surface area contributed by atoms with Gasteiger partial charge in [0.2, 0.25) is 5.95 Å². The number of nitrogens with zero attached hydrogens (tertiary/aromatic N) is 4. The van der Waals surface area contributed by atoms with Crippen molar-refractivity contribution in [3.8, 4) is 17.0 Å². The molecule has 4 aromatic rings. The predicted octanol–water partition coefficient (Wildman–Crippen LogP) is 3.60. The summed E-state index contributed by atoms with van der Waals surface area (Å²) in [6, 6.07) is 18.3. The van der Waals surface area contributed by atoms with E-state index in [1.54, 1.807) is 6.20 Å². The number of para-hydroxylation sites is 1. The van der Waals surface area contributed by atoms with Gasteiger partial charge in [-0.25, -0.2) is 9.97 Å². The number of benzene rings is 2. The Morgan fingerprint density at radius 1 is 1.03 bits per heavy atom. The molecule has 2 aliphatic heterocycles. The van der Waals surface area contributed by atoms with E-state index in [1.165, 1.54) is 5.69 Å². The second kappa shape index (κ2) is 11.3. The molecule has 9 heteroatoms. The lowest BCUT2D eigenvalue weighted by molar-refractivity contribution is -0.0350. The Kier molecular flexibility index (Phi) is 7.30. The van der Waals surface area contributed by atoms with E-state index >= 15 is 0 Å². The minimum absolute atomic E-state index is 0.0187. The lowest BCUT2D eigenvalue weighted by Gasteiger charge is -2.29. The normalized spacial score (nSPS) is 18.8. The van der Waals surface area contributed by atoms with Crippen molar-refractivity contribution >= 4 is 28.2 Å². The van der Waals surface area contributed by atoms with Crippen LogP contribution < -0.4 is 25.6 Å². The van der Waals surface area contributed by atoms with Gasteiger partial charge in [-0.2, -0.15) is 0 Å². The quantitative estimate of drug-likeness (QED) is 0.344. The van der Waals surface area contributed by atoms with Crippen LogP contribution in [-0.2, 0) is 4.74 Å². The van der Waals surface area contributed by atoms with E-state index in [9.17, 15) is 0 Å². The van der Waals surface area contributed by atoms with Crippen molar-refractivity contribution in [1.29, 1.82) is 0 Å². The van der Waals surface area contributed by atoms with Gasteiger partial charge in [-0.05, 0) is 37.3 Å². The molecule has 0 radical (unpaired) electrons. The monoisotopic (exact) mass is 511 g/mol. The molecular weight excluding hydrogens is 478 g/mol. The van der Waals surface area contributed by atoms with E-state index in [2.05, 4.69) is 55.1 Å². The minimum atomic E-state index is -0.0818. The van der Waals surface area contributed by atoms with Crippen LogP contribution in [0.4, 0.5) is 17.3 Å². The molecule has 0 aliphatic carbocycles. The maximum Gasteiger partial charge on any atom is 0.227 e. The SMILES string of the molecule is CC(Oc1ccnc(-c2cccc3cnc(Nc4ccc(N5CCNCC5)cc4)nc23)c1)C1CNCCO1. The van der Waals surface area contributed by atoms with Gasteiger partial charge in [-0.1, -0.05) is 18.2 Å². The predicted molar refractivity (Wildman–Crippen MR) is 150 cm³/mol. The maximum atomic E-state index is 6.23. The number of fused-ring (bicyclic) bond motifs is 1. The Balaban J connectivity index is 1.22. The molecular formula is C29H33N7O2. The molecule has 0 spiro atoms. The summed E-state index contributed by atoms with van der Waals surface area (Å²) in [5, 5.41) is 11.1. The highest BCUT2D eigenvalue weighted by atomic mass is 16.5. The summed E-state index contributed by atoms with van der Waals surface area (Å²) in [6.07, 6.45) is 3.56. The highest BCUT2D eigenvalue weighted by Gasteiger charge is 2.22. The molecule has 2 aromatic carbocycles. The van der Waals surface area contributed by atoms with Crippen molar-refractivity contribution in [2.45, 2.75) is 19.1 Å². The molecule has 38 heavy (non-hydrogen) atoms. The molecule has 3 N–H and O–H groups in total. The zero-order chi connectivity index (χ0) is 25.7. The lowest BCUT2D eigenvalue weighted by Crippen LogP contribution is -2.46. The molecule has 2 saturated heterocycles. The van der Waals surface area contributed by atoms with Crippen molar-refractivity contribution < 1.29 is 9.47 Å². The fourth-order valence-corrected chi connectivity index (χ4v) is 4.94. The van der Waals surface area contributed by atoms with Crippen molar-refractivity contribution in [3.05, 3.63) is 67.0 Å². The van der Waals surface area contributed by atoms with Crippen LogP contribution in [0.1, 0.15) is 6.92 Å². The van der Waals surface area contributed by atoms with Gasteiger partial charge in [-0.15, -0.1) is 0 Å². The van der Waals surface area contributed by atoms with Crippen LogP contribution in [0, 0.1) is 0 Å². The number of morpholine rings is 1. The Morgan fingerprint density at radius 2 is 1.89 bits per heavy atom. The van der Waals surface area contributed by atoms with Crippen molar-refractivity contribution in [3.63, 3.8) is 0 Å². The standard InChI is InChI=1S/C29H33N7O2/c1-20(27-19-31-13-16-37-27)38-24-9-10-32-26(17-24)25-4-2-3-21-18-33-29(35-28(21)25)34-22-5-7-23(8-6-22)36-14-11-30-12-15-36/h2-10,17-18,20,27,30-31H,11-16,19H2,1H3,(H,33,34,35). The summed E-state index contributed by atoms with van der Waals surface area (Å²) in [4.78, 5) is 16.5. The third-order valence-electron chi connectivity index (χ3n) is 7.03. The molecule has 0 saturated carbocycles. The van der Waals surface area contributed by atoms with E-state index in [1.807, 2.05) is 43.5 Å². The van der Waals surface area contributed by atoms with Crippen LogP contribution in [0.2, 0.25) is 0 Å². The third kappa shape index (κ3) is 5.55. The summed E-state index contributed by atoms with van der Waals surface area (Å²) in [7, 11) is 0. The molecule has 196 valence electrons. The van der Waals surface area contributed by atoms with Crippen molar-refractivity contribution in [1.82, 2.24) is 25.6 Å². The van der Waals surface area contributed by atoms with Gasteiger partial charge >= 0.3 is 0 Å². The number of aromatic nitrogens is 3. The number of pyridine rings is 1. The largest absolute Gasteiger partial charge is 0.488 e. The second-order valence-corrected chi connectivity index (χ2v) is 9.66. The number of anilines is 3. The number of piperazine rings is 1. The fraction of sp³-hybridized carbons (Fsp3) is 0.345. The first-order valence-electron chi connectivity index (χ1n) is 13.3. The van der Waals surface area contributed by atoms with E-state index in [4.69, 9.17) is 14.5 Å². The van der Waals surface area contributed by atoms with E-state index in [0.29, 0.717) is 12.6 Å². The van der Waals surface area contributed by atoms with Gasteiger partial charge in [0.25, 0.3) is 0 Å². The van der Waals surface area contributed by atoms with Gasteiger partial charge in [0.15, 0.2) is 0 Å². The summed E-state index contributed by atoms with van der Waals surface area (Å²) in [5.74, 6) is 1.30. The first-order valence-corrected chi connectivity index (χ1v) is 13.3. The Bertz CT molecular complexity index is 1370. The van der Waals surface area contributed by atoms with Gasteiger partial charge in [0, 0.05) is 80.1 Å². The average molecular weight is 512 g/mol. The van der Waals surface area contributed by atoms with Gasteiger partial charge < -0.3 is 30.3 Å². The van der Waals surface area contributed by atoms with E-state index < -0.39 is 0 Å². The van der Waals surface area contributed by atoms with Crippen LogP contribution in [0.15, 0.2) is 67.0 Å². The molecule has 0 amide bonds. The number of hydrogen-bond donors (Lipinski definition) is 3. The second-order valence-electron chi connectivity index (χ2n) is 9.66. The summed E-state index contributed by atoms with van der Waals surface area (Å²) >= 11 is 0. The Labute approximate surface area is 222 Å². The molecule has 2 aliphatic rings. The van der Waals surface area contributed by atoms with Crippen LogP contribution in [0.3, 0.4) is 0 Å². The fourth-order valence-electron chi connectivity index (χ4n) is 4.94. The molecule has 2 atom stereocenters. The van der Waals surface area contributed by atoms with Crippen LogP contribution in [0.5, 0.6) is 5.75 Å². The highest BCUT2D eigenvalue weighted by Crippen LogP contribution is 2.29. The topological polar surface area (TPSA) is 96.5 Å². The minimum Gasteiger partial charge on any atom is -0.488 e. The molecule has 0 bridgehead atoms. The van der Waals surface area contributed by atoms with Crippen molar-refractivity contribution in [2.24, 2.45) is 0 Å². The number of hydrogen-bond acceptors (Lipinski definition) is 9. The van der Waals surface area contributed by atoms with Gasteiger partial charge in [0.1, 0.15) is 18.0 Å². The number of ether oxygens (including phenoxy) is 2. The summed E-state index contributed by atoms with van der Waals surface area (Å²) in [6.45, 7) is 8.48. The molecule has 2 aromatic heterocycles. The van der Waals surface area contributed by atoms with Crippen LogP contribution in [-0.4, -0.2) is 73.0 Å². The maximum absolute atomic E-state index is 6.23. The smallest absolute Gasteiger partial charge is 0.227 e. The summed E-state index contributed by atoms with van der Waals surface area (Å²) in [5.41, 5.74) is 4.74. The molecule has 2 unspecified atom stereocenters. The first kappa shape index (κ1) is 24.5. The molecule has 4 heterocycles. The lowest BCUT2D eigenvalue weighted by atomic mass is 10.1.